The fourth-order valence-electron chi connectivity index (χ4n) is 7.47. The standard InChI is InChI=1S/C63H104O6/c1-4-7-10-13-16-19-22-25-27-28-29-30-31-32-33-34-36-38-41-44-47-50-53-56-62(65)68-59-60(58-67-61(64)55-52-49-46-43-40-37-24-21-18-15-12-9-6-3)69-63(66)57-54-51-48-45-42-39-35-26-23-20-17-14-11-8-5-2/h7,10,16-17,19-21,24-27,29-30,32-33,35-36,38,60H,4-6,8-9,11-15,18,22-23,28,31,34,37,39-59H2,1-3H3/b10-7-,19-16-,20-17-,24-21-,27-25-,30-29-,33-32-,35-26-,38-36-. The van der Waals surface area contributed by atoms with Crippen LogP contribution in [0, 0.1) is 0 Å². The highest BCUT2D eigenvalue weighted by Gasteiger charge is 2.19. The van der Waals surface area contributed by atoms with Gasteiger partial charge in [-0.05, 0) is 128 Å². The predicted octanol–water partition coefficient (Wildman–Crippen LogP) is 19.1. The van der Waals surface area contributed by atoms with Gasteiger partial charge < -0.3 is 14.2 Å². The van der Waals surface area contributed by atoms with Crippen molar-refractivity contribution >= 4 is 17.9 Å². The van der Waals surface area contributed by atoms with Gasteiger partial charge >= 0.3 is 17.9 Å². The maximum absolute atomic E-state index is 12.8. The van der Waals surface area contributed by atoms with Gasteiger partial charge in [-0.25, -0.2) is 0 Å². The van der Waals surface area contributed by atoms with Gasteiger partial charge in [0.25, 0.3) is 0 Å². The molecule has 0 spiro atoms. The van der Waals surface area contributed by atoms with Crippen molar-refractivity contribution in [1.29, 1.82) is 0 Å². The fourth-order valence-corrected chi connectivity index (χ4v) is 7.47. The number of allylic oxidation sites excluding steroid dienone is 18. The van der Waals surface area contributed by atoms with Crippen LogP contribution in [0.2, 0.25) is 0 Å². The molecule has 0 saturated heterocycles. The highest BCUT2D eigenvalue weighted by atomic mass is 16.6. The summed E-state index contributed by atoms with van der Waals surface area (Å²) >= 11 is 0. The second-order valence-corrected chi connectivity index (χ2v) is 18.5. The molecule has 0 heterocycles. The van der Waals surface area contributed by atoms with Crippen molar-refractivity contribution in [3.8, 4) is 0 Å². The molecule has 69 heavy (non-hydrogen) atoms. The molecule has 0 aliphatic heterocycles. The van der Waals surface area contributed by atoms with E-state index in [4.69, 9.17) is 14.2 Å². The lowest BCUT2D eigenvalue weighted by Crippen LogP contribution is -2.30. The first kappa shape index (κ1) is 65.1. The third-order valence-corrected chi connectivity index (χ3v) is 11.7. The van der Waals surface area contributed by atoms with E-state index in [2.05, 4.69) is 130 Å². The monoisotopic (exact) mass is 957 g/mol. The summed E-state index contributed by atoms with van der Waals surface area (Å²) in [5.74, 6) is -0.947. The van der Waals surface area contributed by atoms with Crippen LogP contribution < -0.4 is 0 Å². The summed E-state index contributed by atoms with van der Waals surface area (Å²) in [5, 5.41) is 0. The van der Waals surface area contributed by atoms with Gasteiger partial charge in [0.15, 0.2) is 6.10 Å². The molecule has 0 aromatic heterocycles. The van der Waals surface area contributed by atoms with Gasteiger partial charge in [0.1, 0.15) is 13.2 Å². The Morgan fingerprint density at radius 2 is 0.565 bits per heavy atom. The van der Waals surface area contributed by atoms with E-state index in [1.54, 1.807) is 0 Å². The summed E-state index contributed by atoms with van der Waals surface area (Å²) in [4.78, 5) is 38.1. The molecule has 0 aromatic rings. The van der Waals surface area contributed by atoms with E-state index in [-0.39, 0.29) is 31.1 Å². The van der Waals surface area contributed by atoms with Crippen molar-refractivity contribution in [2.75, 3.05) is 13.2 Å². The minimum absolute atomic E-state index is 0.0978. The first-order valence-electron chi connectivity index (χ1n) is 28.4. The molecule has 0 aromatic carbocycles. The zero-order valence-corrected chi connectivity index (χ0v) is 44.8. The van der Waals surface area contributed by atoms with Crippen molar-refractivity contribution in [2.24, 2.45) is 0 Å². The Morgan fingerprint density at radius 3 is 0.928 bits per heavy atom. The molecule has 0 rings (SSSR count). The maximum Gasteiger partial charge on any atom is 0.306 e. The van der Waals surface area contributed by atoms with Crippen molar-refractivity contribution in [3.63, 3.8) is 0 Å². The molecule has 0 bridgehead atoms. The van der Waals surface area contributed by atoms with E-state index in [1.165, 1.54) is 64.2 Å². The molecule has 6 nitrogen and oxygen atoms in total. The van der Waals surface area contributed by atoms with Crippen LogP contribution >= 0.6 is 0 Å². The van der Waals surface area contributed by atoms with Gasteiger partial charge in [0.2, 0.25) is 0 Å². The Bertz CT molecular complexity index is 1420. The second-order valence-electron chi connectivity index (χ2n) is 18.5. The number of hydrogen-bond donors (Lipinski definition) is 0. The number of hydrogen-bond acceptors (Lipinski definition) is 6. The van der Waals surface area contributed by atoms with Gasteiger partial charge in [0.05, 0.1) is 0 Å². The first-order valence-corrected chi connectivity index (χ1v) is 28.4. The number of rotatable bonds is 50. The van der Waals surface area contributed by atoms with Crippen LogP contribution in [0.3, 0.4) is 0 Å². The molecular formula is C63H104O6. The summed E-state index contributed by atoms with van der Waals surface area (Å²) in [5.41, 5.74) is 0. The Hall–Kier alpha value is -3.93. The van der Waals surface area contributed by atoms with Crippen molar-refractivity contribution in [3.05, 3.63) is 109 Å². The number of carbonyl (C=O) groups excluding carboxylic acids is 3. The quantitative estimate of drug-likeness (QED) is 0.0262. The number of ether oxygens (including phenoxy) is 3. The fraction of sp³-hybridized carbons (Fsp3) is 0.667. The van der Waals surface area contributed by atoms with Crippen LogP contribution in [-0.4, -0.2) is 37.2 Å². The molecule has 0 aliphatic carbocycles. The minimum atomic E-state index is -0.801. The van der Waals surface area contributed by atoms with E-state index >= 15 is 0 Å². The van der Waals surface area contributed by atoms with Crippen LogP contribution in [0.25, 0.3) is 0 Å². The molecule has 0 saturated carbocycles. The minimum Gasteiger partial charge on any atom is -0.462 e. The van der Waals surface area contributed by atoms with Gasteiger partial charge in [-0.15, -0.1) is 0 Å². The third kappa shape index (κ3) is 54.9. The normalized spacial score (nSPS) is 12.9. The zero-order valence-electron chi connectivity index (χ0n) is 44.8. The van der Waals surface area contributed by atoms with Crippen molar-refractivity contribution in [2.45, 2.75) is 258 Å². The van der Waals surface area contributed by atoms with E-state index in [0.29, 0.717) is 19.3 Å². The lowest BCUT2D eigenvalue weighted by atomic mass is 10.1. The number of carbonyl (C=O) groups is 3. The molecule has 1 atom stereocenters. The zero-order chi connectivity index (χ0) is 50.0. The molecule has 0 N–H and O–H groups in total. The number of unbranched alkanes of at least 4 members (excludes halogenated alkanes) is 21. The summed E-state index contributed by atoms with van der Waals surface area (Å²) in [6, 6.07) is 0. The van der Waals surface area contributed by atoms with E-state index in [1.807, 2.05) is 0 Å². The van der Waals surface area contributed by atoms with Crippen LogP contribution in [0.5, 0.6) is 0 Å². The summed E-state index contributed by atoms with van der Waals surface area (Å²) < 4.78 is 16.8. The van der Waals surface area contributed by atoms with E-state index in [0.717, 1.165) is 148 Å². The first-order chi connectivity index (χ1) is 34.0. The van der Waals surface area contributed by atoms with Crippen LogP contribution in [0.1, 0.15) is 252 Å². The average molecular weight is 958 g/mol. The topological polar surface area (TPSA) is 78.9 Å². The Labute approximate surface area is 425 Å². The molecule has 0 radical (unpaired) electrons. The van der Waals surface area contributed by atoms with Gasteiger partial charge in [-0.2, -0.15) is 0 Å². The molecule has 0 amide bonds. The van der Waals surface area contributed by atoms with Crippen LogP contribution in [0.15, 0.2) is 109 Å². The molecule has 1 unspecified atom stereocenters. The lowest BCUT2D eigenvalue weighted by Gasteiger charge is -2.18. The van der Waals surface area contributed by atoms with Crippen LogP contribution in [0.4, 0.5) is 0 Å². The molecule has 0 aliphatic rings. The predicted molar refractivity (Wildman–Crippen MR) is 297 cm³/mol. The van der Waals surface area contributed by atoms with Gasteiger partial charge in [-0.3, -0.25) is 14.4 Å². The third-order valence-electron chi connectivity index (χ3n) is 11.7. The maximum atomic E-state index is 12.8. The van der Waals surface area contributed by atoms with E-state index < -0.39 is 6.10 Å². The Kier molecular flexibility index (Phi) is 53.4. The average Bonchev–Trinajstić information content (AvgIpc) is 3.35. The van der Waals surface area contributed by atoms with E-state index in [9.17, 15) is 14.4 Å². The smallest absolute Gasteiger partial charge is 0.306 e. The lowest BCUT2D eigenvalue weighted by molar-refractivity contribution is -0.167. The summed E-state index contributed by atoms with van der Waals surface area (Å²) in [6.45, 7) is 6.44. The van der Waals surface area contributed by atoms with Crippen LogP contribution in [-0.2, 0) is 28.6 Å². The Balaban J connectivity index is 4.44. The summed E-state index contributed by atoms with van der Waals surface area (Å²) in [7, 11) is 0. The molecule has 6 heteroatoms. The highest BCUT2D eigenvalue weighted by Crippen LogP contribution is 2.13. The number of esters is 3. The molecule has 0 fully saturated rings. The summed E-state index contributed by atoms with van der Waals surface area (Å²) in [6.07, 6.45) is 76.4. The SMILES string of the molecule is CC/C=C\C/C=C\C/C=C\C/C=C\C/C=C\C/C=C\CCCCCCC(=O)OCC(COC(=O)CCCCCCC/C=C\CCCCCC)OC(=O)CCCCCCC/C=C\C/C=C\CCCCC. The van der Waals surface area contributed by atoms with Gasteiger partial charge in [0, 0.05) is 19.3 Å². The van der Waals surface area contributed by atoms with Gasteiger partial charge in [-0.1, -0.05) is 214 Å². The van der Waals surface area contributed by atoms with Crippen molar-refractivity contribution < 1.29 is 28.6 Å². The molecular weight excluding hydrogens is 853 g/mol. The Morgan fingerprint density at radius 1 is 0.304 bits per heavy atom. The second kappa shape index (κ2) is 56.7. The largest absolute Gasteiger partial charge is 0.462 e. The van der Waals surface area contributed by atoms with Crippen molar-refractivity contribution in [1.82, 2.24) is 0 Å². The highest BCUT2D eigenvalue weighted by molar-refractivity contribution is 5.71. The molecule has 392 valence electrons.